The highest BCUT2D eigenvalue weighted by Crippen LogP contribution is 2.33. The summed E-state index contributed by atoms with van der Waals surface area (Å²) >= 11 is 18.6. The van der Waals surface area contributed by atoms with E-state index in [4.69, 9.17) is 34.8 Å². The zero-order valence-electron chi connectivity index (χ0n) is 19.9. The molecule has 0 spiro atoms. The lowest BCUT2D eigenvalue weighted by Crippen LogP contribution is -2.48. The van der Waals surface area contributed by atoms with Crippen LogP contribution in [0.5, 0.6) is 0 Å². The number of anilines is 1. The van der Waals surface area contributed by atoms with E-state index in [1.807, 2.05) is 49.4 Å². The molecular weight excluding hydrogens is 526 g/mol. The summed E-state index contributed by atoms with van der Waals surface area (Å²) in [4.78, 5) is 17.6. The second kappa shape index (κ2) is 12.4. The predicted molar refractivity (Wildman–Crippen MR) is 150 cm³/mol. The Labute approximate surface area is 228 Å². The van der Waals surface area contributed by atoms with Gasteiger partial charge in [-0.05, 0) is 49.7 Å². The Morgan fingerprint density at radius 2 is 1.69 bits per heavy atom. The van der Waals surface area contributed by atoms with Crippen LogP contribution in [-0.2, 0) is 6.54 Å². The number of benzene rings is 2. The van der Waals surface area contributed by atoms with E-state index in [9.17, 15) is 4.79 Å². The number of nitrogens with one attached hydrogen (secondary N) is 1. The molecule has 0 bridgehead atoms. The first-order valence-corrected chi connectivity index (χ1v) is 12.7. The Kier molecular flexibility index (Phi) is 9.79. The zero-order valence-corrected chi connectivity index (χ0v) is 22.9. The fourth-order valence-electron chi connectivity index (χ4n) is 4.51. The molecule has 1 saturated heterocycles. The Bertz CT molecular complexity index is 1150. The van der Waals surface area contributed by atoms with E-state index in [1.165, 1.54) is 0 Å². The van der Waals surface area contributed by atoms with Gasteiger partial charge in [-0.25, -0.2) is 0 Å². The van der Waals surface area contributed by atoms with Gasteiger partial charge in [0.05, 0.1) is 21.3 Å². The molecule has 1 amide bonds. The number of aromatic nitrogens is 1. The molecular formula is C26H30Cl4N4O. The fraction of sp³-hybridized carbons (Fsp3) is 0.346. The molecule has 0 unspecified atom stereocenters. The molecule has 0 aliphatic carbocycles. The van der Waals surface area contributed by atoms with Crippen molar-refractivity contribution in [3.63, 3.8) is 0 Å². The second-order valence-electron chi connectivity index (χ2n) is 8.44. The van der Waals surface area contributed by atoms with E-state index in [0.29, 0.717) is 27.2 Å². The molecule has 4 rings (SSSR count). The largest absolute Gasteiger partial charge is 0.368 e. The molecule has 1 N–H and O–H groups in total. The normalized spacial score (nSPS) is 14.0. The van der Waals surface area contributed by atoms with E-state index in [-0.39, 0.29) is 18.3 Å². The number of carbonyl (C=O) groups excluding carboxylic acids is 1. The van der Waals surface area contributed by atoms with Crippen molar-refractivity contribution in [2.45, 2.75) is 20.4 Å². The number of rotatable bonds is 7. The average Bonchev–Trinajstić information content (AvgIpc) is 3.18. The molecule has 1 aliphatic heterocycles. The van der Waals surface area contributed by atoms with Crippen molar-refractivity contribution in [3.05, 3.63) is 74.9 Å². The third-order valence-corrected chi connectivity index (χ3v) is 7.49. The number of halogens is 4. The first-order valence-electron chi connectivity index (χ1n) is 11.5. The van der Waals surface area contributed by atoms with Crippen LogP contribution < -0.4 is 10.2 Å². The van der Waals surface area contributed by atoms with Crippen LogP contribution in [0.25, 0.3) is 11.3 Å². The van der Waals surface area contributed by atoms with Gasteiger partial charge in [-0.3, -0.25) is 9.69 Å². The maximum atomic E-state index is 13.0. The van der Waals surface area contributed by atoms with Gasteiger partial charge in [-0.1, -0.05) is 53.0 Å². The quantitative estimate of drug-likeness (QED) is 0.366. The standard InChI is InChI=1S/C26H29Cl3N4O.ClH/c1-3-33-18(2)21(17-24(33)19-7-9-20(27)10-8-19)26(34)30-11-12-31-13-15-32(16-14-31)23-6-4-5-22(28)25(23)29;/h4-10,17H,3,11-16H2,1-2H3,(H,30,34);1H. The minimum atomic E-state index is -0.0377. The topological polar surface area (TPSA) is 40.5 Å². The smallest absolute Gasteiger partial charge is 0.253 e. The molecule has 1 aliphatic rings. The van der Waals surface area contributed by atoms with Gasteiger partial charge in [0.25, 0.3) is 5.91 Å². The maximum absolute atomic E-state index is 13.0. The third-order valence-electron chi connectivity index (χ3n) is 6.43. The Balaban J connectivity index is 0.00000342. The molecule has 0 saturated carbocycles. The molecule has 0 atom stereocenters. The first kappa shape index (κ1) is 27.7. The SMILES string of the molecule is CCn1c(-c2ccc(Cl)cc2)cc(C(=O)NCCN2CCN(c3cccc(Cl)c3Cl)CC2)c1C.Cl. The molecule has 3 aromatic rings. The molecule has 1 fully saturated rings. The lowest BCUT2D eigenvalue weighted by Gasteiger charge is -2.36. The third kappa shape index (κ3) is 6.28. The van der Waals surface area contributed by atoms with Gasteiger partial charge >= 0.3 is 0 Å². The number of hydrogen-bond donors (Lipinski definition) is 1. The maximum Gasteiger partial charge on any atom is 0.253 e. The number of hydrogen-bond acceptors (Lipinski definition) is 3. The molecule has 9 heteroatoms. The summed E-state index contributed by atoms with van der Waals surface area (Å²) in [6.07, 6.45) is 0. The molecule has 0 radical (unpaired) electrons. The summed E-state index contributed by atoms with van der Waals surface area (Å²) < 4.78 is 2.17. The van der Waals surface area contributed by atoms with E-state index < -0.39 is 0 Å². The van der Waals surface area contributed by atoms with Crippen LogP contribution >= 0.6 is 47.2 Å². The van der Waals surface area contributed by atoms with Crippen molar-refractivity contribution in [2.75, 3.05) is 44.2 Å². The van der Waals surface area contributed by atoms with E-state index >= 15 is 0 Å². The van der Waals surface area contributed by atoms with Gasteiger partial charge in [0, 0.05) is 62.2 Å². The van der Waals surface area contributed by atoms with Gasteiger partial charge in [-0.2, -0.15) is 0 Å². The monoisotopic (exact) mass is 554 g/mol. The fourth-order valence-corrected chi connectivity index (χ4v) is 5.06. The van der Waals surface area contributed by atoms with E-state index in [2.05, 4.69) is 26.6 Å². The summed E-state index contributed by atoms with van der Waals surface area (Å²) in [6.45, 7) is 9.84. The molecule has 1 aromatic heterocycles. The van der Waals surface area contributed by atoms with Crippen LogP contribution in [0.3, 0.4) is 0 Å². The Morgan fingerprint density at radius 3 is 2.34 bits per heavy atom. The van der Waals surface area contributed by atoms with Gasteiger partial charge in [0.15, 0.2) is 0 Å². The minimum Gasteiger partial charge on any atom is -0.368 e. The number of nitrogens with zero attached hydrogens (tertiary/aromatic N) is 3. The second-order valence-corrected chi connectivity index (χ2v) is 9.66. The highest BCUT2D eigenvalue weighted by Gasteiger charge is 2.21. The van der Waals surface area contributed by atoms with E-state index in [0.717, 1.165) is 61.9 Å². The zero-order chi connectivity index (χ0) is 24.2. The van der Waals surface area contributed by atoms with Crippen LogP contribution in [0.2, 0.25) is 15.1 Å². The van der Waals surface area contributed by atoms with Crippen molar-refractivity contribution in [2.24, 2.45) is 0 Å². The lowest BCUT2D eigenvalue weighted by atomic mass is 10.1. The molecule has 188 valence electrons. The summed E-state index contributed by atoms with van der Waals surface area (Å²) in [5.74, 6) is -0.0377. The average molecular weight is 556 g/mol. The minimum absolute atomic E-state index is 0. The summed E-state index contributed by atoms with van der Waals surface area (Å²) in [5.41, 5.74) is 4.74. The highest BCUT2D eigenvalue weighted by molar-refractivity contribution is 6.43. The molecule has 35 heavy (non-hydrogen) atoms. The Morgan fingerprint density at radius 1 is 1.00 bits per heavy atom. The van der Waals surface area contributed by atoms with Crippen LogP contribution in [-0.4, -0.2) is 54.6 Å². The summed E-state index contributed by atoms with van der Waals surface area (Å²) in [7, 11) is 0. The molecule has 2 aromatic carbocycles. The van der Waals surface area contributed by atoms with Crippen molar-refractivity contribution in [1.82, 2.24) is 14.8 Å². The van der Waals surface area contributed by atoms with Crippen LogP contribution in [0.4, 0.5) is 5.69 Å². The van der Waals surface area contributed by atoms with Gasteiger partial charge < -0.3 is 14.8 Å². The van der Waals surface area contributed by atoms with Gasteiger partial charge in [0.2, 0.25) is 0 Å². The predicted octanol–water partition coefficient (Wildman–Crippen LogP) is 6.42. The van der Waals surface area contributed by atoms with Gasteiger partial charge in [0.1, 0.15) is 0 Å². The van der Waals surface area contributed by atoms with Crippen LogP contribution in [0.15, 0.2) is 48.5 Å². The van der Waals surface area contributed by atoms with E-state index in [1.54, 1.807) is 6.07 Å². The van der Waals surface area contributed by atoms with Crippen LogP contribution in [0.1, 0.15) is 23.0 Å². The first-order chi connectivity index (χ1) is 16.4. The van der Waals surface area contributed by atoms with Crippen molar-refractivity contribution >= 4 is 58.8 Å². The van der Waals surface area contributed by atoms with Crippen molar-refractivity contribution < 1.29 is 4.79 Å². The highest BCUT2D eigenvalue weighted by atomic mass is 35.5. The summed E-state index contributed by atoms with van der Waals surface area (Å²) in [5, 5.41) is 4.99. The van der Waals surface area contributed by atoms with Gasteiger partial charge in [-0.15, -0.1) is 12.4 Å². The summed E-state index contributed by atoms with van der Waals surface area (Å²) in [6, 6.07) is 15.4. The molecule has 5 nitrogen and oxygen atoms in total. The Hall–Kier alpha value is -1.89. The van der Waals surface area contributed by atoms with Crippen molar-refractivity contribution in [1.29, 1.82) is 0 Å². The number of carbonyl (C=O) groups is 1. The molecule has 2 heterocycles. The lowest BCUT2D eigenvalue weighted by molar-refractivity contribution is 0.0947. The van der Waals surface area contributed by atoms with Crippen molar-refractivity contribution in [3.8, 4) is 11.3 Å². The number of piperazine rings is 1. The van der Waals surface area contributed by atoms with Crippen LogP contribution in [0, 0.1) is 6.92 Å². The number of amides is 1.